The summed E-state index contributed by atoms with van der Waals surface area (Å²) in [4.78, 5) is 9.39. The number of β-amino-alcohol motifs (C(OH)–C–C–N with tert-alkyl or cyclic N) is 1. The van der Waals surface area contributed by atoms with E-state index < -0.39 is 23.6 Å². The van der Waals surface area contributed by atoms with E-state index in [2.05, 4.69) is 9.97 Å². The predicted molar refractivity (Wildman–Crippen MR) is 69.1 cm³/mol. The molecule has 0 amide bonds. The topological polar surface area (TPSA) is 49.2 Å². The third-order valence-corrected chi connectivity index (χ3v) is 3.47. The maximum atomic E-state index is 13.4. The lowest BCUT2D eigenvalue weighted by Gasteiger charge is -2.24. The van der Waals surface area contributed by atoms with Crippen LogP contribution in [0.25, 0.3) is 0 Å². The minimum Gasteiger partial charge on any atom is -0.391 e. The van der Waals surface area contributed by atoms with Crippen molar-refractivity contribution >= 4 is 5.95 Å². The minimum absolute atomic E-state index is 0.239. The smallest absolute Gasteiger partial charge is 0.226 e. The van der Waals surface area contributed by atoms with Gasteiger partial charge in [0.1, 0.15) is 0 Å². The Morgan fingerprint density at radius 1 is 1.10 bits per heavy atom. The highest BCUT2D eigenvalue weighted by Crippen LogP contribution is 2.34. The van der Waals surface area contributed by atoms with Gasteiger partial charge in [-0.15, -0.1) is 0 Å². The number of hydrogen-bond donors (Lipinski definition) is 1. The zero-order valence-corrected chi connectivity index (χ0v) is 10.9. The van der Waals surface area contributed by atoms with Gasteiger partial charge in [-0.05, 0) is 24.1 Å². The van der Waals surface area contributed by atoms with Crippen LogP contribution >= 0.6 is 0 Å². The zero-order valence-electron chi connectivity index (χ0n) is 10.9. The molecule has 3 rings (SSSR count). The molecule has 1 fully saturated rings. The number of halogens is 3. The first-order valence-electron chi connectivity index (χ1n) is 6.42. The summed E-state index contributed by atoms with van der Waals surface area (Å²) in [6, 6.07) is 3.20. The second-order valence-corrected chi connectivity index (χ2v) is 4.93. The molecule has 7 heteroatoms. The van der Waals surface area contributed by atoms with Gasteiger partial charge >= 0.3 is 0 Å². The van der Waals surface area contributed by atoms with Crippen molar-refractivity contribution in [2.75, 3.05) is 11.4 Å². The Kier molecular flexibility index (Phi) is 3.50. The summed E-state index contributed by atoms with van der Waals surface area (Å²) in [6.07, 6.45) is 1.74. The number of nitrogens with zero attached hydrogens (tertiary/aromatic N) is 3. The van der Waals surface area contributed by atoms with Gasteiger partial charge in [-0.1, -0.05) is 6.07 Å². The normalized spacial score (nSPS) is 21.8. The molecule has 0 saturated carbocycles. The molecule has 1 saturated heterocycles. The Balaban J connectivity index is 1.95. The summed E-state index contributed by atoms with van der Waals surface area (Å²) in [5, 5.41) is 9.83. The van der Waals surface area contributed by atoms with Crippen molar-refractivity contribution in [1.82, 2.24) is 9.97 Å². The largest absolute Gasteiger partial charge is 0.391 e. The van der Waals surface area contributed by atoms with E-state index in [1.54, 1.807) is 4.90 Å². The van der Waals surface area contributed by atoms with Crippen LogP contribution in [0.15, 0.2) is 30.6 Å². The standard InChI is InChI=1S/C14H12F3N3O/c15-9-5-18-14(19-6-9)20-7-10(21)4-13(20)8-1-2-11(16)12(17)3-8/h1-3,5-6,10,13,21H,4,7H2. The molecule has 0 radical (unpaired) electrons. The Morgan fingerprint density at radius 2 is 1.81 bits per heavy atom. The van der Waals surface area contributed by atoms with Gasteiger partial charge in [-0.2, -0.15) is 0 Å². The van der Waals surface area contributed by atoms with Gasteiger partial charge in [0.25, 0.3) is 0 Å². The fraction of sp³-hybridized carbons (Fsp3) is 0.286. The van der Waals surface area contributed by atoms with Gasteiger partial charge in [0.2, 0.25) is 5.95 Å². The maximum Gasteiger partial charge on any atom is 0.226 e. The van der Waals surface area contributed by atoms with Gasteiger partial charge in [0, 0.05) is 6.54 Å². The first kappa shape index (κ1) is 13.8. The van der Waals surface area contributed by atoms with Gasteiger partial charge in [-0.3, -0.25) is 0 Å². The molecule has 1 N–H and O–H groups in total. The van der Waals surface area contributed by atoms with E-state index in [0.717, 1.165) is 24.5 Å². The molecule has 0 aliphatic carbocycles. The van der Waals surface area contributed by atoms with Crippen LogP contribution in [0.5, 0.6) is 0 Å². The fourth-order valence-electron chi connectivity index (χ4n) is 2.52. The van der Waals surface area contributed by atoms with Crippen LogP contribution in [0.1, 0.15) is 18.0 Å². The van der Waals surface area contributed by atoms with E-state index in [4.69, 9.17) is 0 Å². The highest BCUT2D eigenvalue weighted by atomic mass is 19.2. The number of aliphatic hydroxyl groups excluding tert-OH is 1. The number of benzene rings is 1. The number of anilines is 1. The van der Waals surface area contributed by atoms with E-state index in [1.165, 1.54) is 6.07 Å². The summed E-state index contributed by atoms with van der Waals surface area (Å²) in [5.74, 6) is -2.21. The molecule has 1 aromatic carbocycles. The number of rotatable bonds is 2. The summed E-state index contributed by atoms with van der Waals surface area (Å²) >= 11 is 0. The quantitative estimate of drug-likeness (QED) is 0.923. The van der Waals surface area contributed by atoms with Gasteiger partial charge in [-0.25, -0.2) is 23.1 Å². The Labute approximate surface area is 118 Å². The lowest BCUT2D eigenvalue weighted by Crippen LogP contribution is -2.26. The van der Waals surface area contributed by atoms with E-state index in [-0.39, 0.29) is 18.5 Å². The minimum atomic E-state index is -0.950. The highest BCUT2D eigenvalue weighted by Gasteiger charge is 2.34. The Hall–Kier alpha value is -2.15. The van der Waals surface area contributed by atoms with Crippen molar-refractivity contribution in [2.24, 2.45) is 0 Å². The molecule has 1 aliphatic rings. The lowest BCUT2D eigenvalue weighted by atomic mass is 10.0. The summed E-state index contributed by atoms with van der Waals surface area (Å²) < 4.78 is 39.3. The van der Waals surface area contributed by atoms with E-state index >= 15 is 0 Å². The summed E-state index contributed by atoms with van der Waals surface area (Å²) in [6.45, 7) is 0.245. The molecule has 0 spiro atoms. The van der Waals surface area contributed by atoms with Gasteiger partial charge in [0.05, 0.1) is 24.5 Å². The van der Waals surface area contributed by atoms with Crippen LogP contribution in [0.3, 0.4) is 0 Å². The molecule has 21 heavy (non-hydrogen) atoms. The Bertz CT molecular complexity index is 650. The molecule has 110 valence electrons. The van der Waals surface area contributed by atoms with Crippen LogP contribution in [0.4, 0.5) is 19.1 Å². The van der Waals surface area contributed by atoms with Crippen LogP contribution in [-0.2, 0) is 0 Å². The molecule has 2 unspecified atom stereocenters. The Morgan fingerprint density at radius 3 is 2.48 bits per heavy atom. The lowest BCUT2D eigenvalue weighted by molar-refractivity contribution is 0.194. The zero-order chi connectivity index (χ0) is 15.0. The monoisotopic (exact) mass is 295 g/mol. The predicted octanol–water partition coefficient (Wildman–Crippen LogP) is 2.21. The fourth-order valence-corrected chi connectivity index (χ4v) is 2.52. The van der Waals surface area contributed by atoms with Crippen molar-refractivity contribution in [2.45, 2.75) is 18.6 Å². The first-order chi connectivity index (χ1) is 10.0. The second-order valence-electron chi connectivity index (χ2n) is 4.93. The van der Waals surface area contributed by atoms with Crippen molar-refractivity contribution in [3.05, 3.63) is 53.6 Å². The molecule has 4 nitrogen and oxygen atoms in total. The van der Waals surface area contributed by atoms with Crippen molar-refractivity contribution < 1.29 is 18.3 Å². The molecule has 1 aromatic heterocycles. The van der Waals surface area contributed by atoms with Crippen LogP contribution < -0.4 is 4.90 Å². The number of hydrogen-bond acceptors (Lipinski definition) is 4. The van der Waals surface area contributed by atoms with Crippen LogP contribution in [-0.4, -0.2) is 27.7 Å². The average Bonchev–Trinajstić information content (AvgIpc) is 2.85. The number of aromatic nitrogens is 2. The van der Waals surface area contributed by atoms with Gasteiger partial charge in [0.15, 0.2) is 17.5 Å². The molecular weight excluding hydrogens is 283 g/mol. The first-order valence-corrected chi connectivity index (χ1v) is 6.42. The van der Waals surface area contributed by atoms with Crippen molar-refractivity contribution in [1.29, 1.82) is 0 Å². The molecule has 0 bridgehead atoms. The molecule has 2 atom stereocenters. The molecular formula is C14H12F3N3O. The maximum absolute atomic E-state index is 13.4. The second kappa shape index (κ2) is 5.33. The summed E-state index contributed by atoms with van der Waals surface area (Å²) in [5.41, 5.74) is 0.512. The SMILES string of the molecule is OC1CC(c2ccc(F)c(F)c2)N(c2ncc(F)cn2)C1. The number of aliphatic hydroxyl groups is 1. The van der Waals surface area contributed by atoms with Crippen molar-refractivity contribution in [3.8, 4) is 0 Å². The molecule has 2 aromatic rings. The third-order valence-electron chi connectivity index (χ3n) is 3.47. The van der Waals surface area contributed by atoms with Gasteiger partial charge < -0.3 is 10.0 Å². The van der Waals surface area contributed by atoms with Crippen LogP contribution in [0, 0.1) is 17.5 Å². The highest BCUT2D eigenvalue weighted by molar-refractivity contribution is 5.39. The average molecular weight is 295 g/mol. The van der Waals surface area contributed by atoms with Crippen LogP contribution in [0.2, 0.25) is 0 Å². The van der Waals surface area contributed by atoms with Crippen molar-refractivity contribution in [3.63, 3.8) is 0 Å². The van der Waals surface area contributed by atoms with E-state index in [0.29, 0.717) is 12.0 Å². The van der Waals surface area contributed by atoms with E-state index in [1.807, 2.05) is 0 Å². The van der Waals surface area contributed by atoms with E-state index in [9.17, 15) is 18.3 Å². The third kappa shape index (κ3) is 2.69. The molecule has 1 aliphatic heterocycles. The summed E-state index contributed by atoms with van der Waals surface area (Å²) in [7, 11) is 0. The molecule has 2 heterocycles.